The second-order valence-electron chi connectivity index (χ2n) is 5.49. The summed E-state index contributed by atoms with van der Waals surface area (Å²) in [4.78, 5) is 0. The van der Waals surface area contributed by atoms with Crippen LogP contribution in [0.25, 0.3) is 0 Å². The van der Waals surface area contributed by atoms with Crippen LogP contribution >= 0.6 is 0 Å². The summed E-state index contributed by atoms with van der Waals surface area (Å²) in [5, 5.41) is 7.74. The Hall–Kier alpha value is -0.910. The van der Waals surface area contributed by atoms with Crippen LogP contribution in [0.1, 0.15) is 24.3 Å². The molecule has 1 aliphatic heterocycles. The minimum Gasteiger partial charge on any atom is -0.377 e. The van der Waals surface area contributed by atoms with Gasteiger partial charge in [0.15, 0.2) is 5.76 Å². The first-order valence-electron chi connectivity index (χ1n) is 6.56. The van der Waals surface area contributed by atoms with Crippen LogP contribution in [0.2, 0.25) is 0 Å². The van der Waals surface area contributed by atoms with Crippen LogP contribution in [-0.4, -0.2) is 37.6 Å². The lowest BCUT2D eigenvalue weighted by molar-refractivity contribution is -0.0748. The van der Waals surface area contributed by atoms with Crippen molar-refractivity contribution < 1.29 is 14.0 Å². The fourth-order valence-corrected chi connectivity index (χ4v) is 2.29. The van der Waals surface area contributed by atoms with Gasteiger partial charge in [-0.1, -0.05) is 5.16 Å². The molecule has 3 rings (SSSR count). The molecule has 18 heavy (non-hydrogen) atoms. The van der Waals surface area contributed by atoms with Crippen LogP contribution in [0.5, 0.6) is 0 Å². The van der Waals surface area contributed by atoms with Gasteiger partial charge in [0.05, 0.1) is 24.4 Å². The molecule has 100 valence electrons. The van der Waals surface area contributed by atoms with Gasteiger partial charge >= 0.3 is 0 Å². The molecular formula is C13H20N2O3. The Morgan fingerprint density at radius 3 is 2.94 bits per heavy atom. The van der Waals surface area contributed by atoms with Gasteiger partial charge in [0.1, 0.15) is 6.61 Å². The molecule has 1 aliphatic carbocycles. The third kappa shape index (κ3) is 2.74. The number of ether oxygens (including phenoxy) is 2. The predicted octanol–water partition coefficient (Wildman–Crippen LogP) is 1.13. The summed E-state index contributed by atoms with van der Waals surface area (Å²) in [6.07, 6.45) is 3.60. The third-order valence-corrected chi connectivity index (χ3v) is 3.63. The number of nitrogens with one attached hydrogen (secondary N) is 1. The molecule has 2 aliphatic rings. The molecule has 0 bridgehead atoms. The zero-order valence-electron chi connectivity index (χ0n) is 10.8. The highest BCUT2D eigenvalue weighted by Crippen LogP contribution is 2.30. The van der Waals surface area contributed by atoms with E-state index in [0.717, 1.165) is 43.6 Å². The van der Waals surface area contributed by atoms with E-state index in [1.54, 1.807) is 7.11 Å². The molecule has 1 aromatic rings. The van der Waals surface area contributed by atoms with E-state index >= 15 is 0 Å². The van der Waals surface area contributed by atoms with E-state index in [9.17, 15) is 0 Å². The van der Waals surface area contributed by atoms with Crippen molar-refractivity contribution in [1.82, 2.24) is 10.5 Å². The summed E-state index contributed by atoms with van der Waals surface area (Å²) in [5.41, 5.74) is 1.05. The van der Waals surface area contributed by atoms with Gasteiger partial charge < -0.3 is 19.3 Å². The van der Waals surface area contributed by atoms with Crippen molar-refractivity contribution in [2.24, 2.45) is 5.92 Å². The fourth-order valence-electron chi connectivity index (χ4n) is 2.29. The summed E-state index contributed by atoms with van der Waals surface area (Å²) in [5.74, 6) is 1.66. The van der Waals surface area contributed by atoms with Crippen LogP contribution in [-0.2, 0) is 22.5 Å². The SMILES string of the molecule is COCc1cc(CC2(NCC3CC3)COC2)no1. The molecule has 0 aromatic carbocycles. The van der Waals surface area contributed by atoms with E-state index in [-0.39, 0.29) is 5.54 Å². The number of methoxy groups -OCH3 is 1. The largest absolute Gasteiger partial charge is 0.377 e. The van der Waals surface area contributed by atoms with Gasteiger partial charge in [0.2, 0.25) is 0 Å². The monoisotopic (exact) mass is 252 g/mol. The van der Waals surface area contributed by atoms with E-state index in [4.69, 9.17) is 14.0 Å². The van der Waals surface area contributed by atoms with E-state index in [1.165, 1.54) is 12.8 Å². The van der Waals surface area contributed by atoms with Crippen molar-refractivity contribution >= 4 is 0 Å². The molecule has 5 nitrogen and oxygen atoms in total. The smallest absolute Gasteiger partial charge is 0.162 e. The van der Waals surface area contributed by atoms with Crippen molar-refractivity contribution in [3.05, 3.63) is 17.5 Å². The molecule has 0 unspecified atom stereocenters. The zero-order chi connectivity index (χ0) is 12.4. The van der Waals surface area contributed by atoms with Crippen molar-refractivity contribution in [1.29, 1.82) is 0 Å². The maximum Gasteiger partial charge on any atom is 0.162 e. The quantitative estimate of drug-likeness (QED) is 0.788. The van der Waals surface area contributed by atoms with Gasteiger partial charge in [-0.05, 0) is 25.3 Å². The van der Waals surface area contributed by atoms with E-state index in [2.05, 4.69) is 10.5 Å². The molecular weight excluding hydrogens is 232 g/mol. The van der Waals surface area contributed by atoms with Crippen molar-refractivity contribution in [2.45, 2.75) is 31.4 Å². The summed E-state index contributed by atoms with van der Waals surface area (Å²) in [7, 11) is 1.65. The lowest BCUT2D eigenvalue weighted by Crippen LogP contribution is -2.62. The molecule has 1 N–H and O–H groups in total. The number of aromatic nitrogens is 1. The molecule has 2 heterocycles. The number of nitrogens with zero attached hydrogens (tertiary/aromatic N) is 1. The van der Waals surface area contributed by atoms with Crippen LogP contribution in [0.15, 0.2) is 10.6 Å². The normalized spacial score (nSPS) is 21.8. The van der Waals surface area contributed by atoms with Gasteiger partial charge in [0, 0.05) is 19.6 Å². The topological polar surface area (TPSA) is 56.5 Å². The Labute approximate surface area is 107 Å². The summed E-state index contributed by atoms with van der Waals surface area (Å²) in [6.45, 7) is 3.12. The van der Waals surface area contributed by atoms with Gasteiger partial charge in [0.25, 0.3) is 0 Å². The Morgan fingerprint density at radius 1 is 1.50 bits per heavy atom. The van der Waals surface area contributed by atoms with Crippen LogP contribution in [0.4, 0.5) is 0 Å². The minimum absolute atomic E-state index is 0.0732. The minimum atomic E-state index is 0.0732. The standard InChI is InChI=1S/C13H20N2O3/c1-16-7-12-4-11(15-18-12)5-13(8-17-9-13)14-6-10-2-3-10/h4,10,14H,2-3,5-9H2,1H3. The lowest BCUT2D eigenvalue weighted by Gasteiger charge is -2.42. The van der Waals surface area contributed by atoms with Gasteiger partial charge in [-0.2, -0.15) is 0 Å². The highest BCUT2D eigenvalue weighted by atomic mass is 16.5. The fraction of sp³-hybridized carbons (Fsp3) is 0.769. The maximum atomic E-state index is 5.37. The highest BCUT2D eigenvalue weighted by Gasteiger charge is 2.40. The summed E-state index contributed by atoms with van der Waals surface area (Å²) in [6, 6.07) is 1.97. The average Bonchev–Trinajstić information content (AvgIpc) is 3.04. The lowest BCUT2D eigenvalue weighted by atomic mass is 9.91. The number of hydrogen-bond donors (Lipinski definition) is 1. The Kier molecular flexibility index (Phi) is 3.37. The second-order valence-corrected chi connectivity index (χ2v) is 5.49. The van der Waals surface area contributed by atoms with Crippen molar-refractivity contribution in [3.63, 3.8) is 0 Å². The van der Waals surface area contributed by atoms with Crippen molar-refractivity contribution in [3.8, 4) is 0 Å². The van der Waals surface area contributed by atoms with Gasteiger partial charge in [-0.25, -0.2) is 0 Å². The molecule has 1 saturated carbocycles. The predicted molar refractivity (Wildman–Crippen MR) is 65.2 cm³/mol. The molecule has 0 atom stereocenters. The zero-order valence-corrected chi connectivity index (χ0v) is 10.8. The van der Waals surface area contributed by atoms with Crippen molar-refractivity contribution in [2.75, 3.05) is 26.9 Å². The van der Waals surface area contributed by atoms with E-state index in [1.807, 2.05) is 6.07 Å². The van der Waals surface area contributed by atoms with E-state index in [0.29, 0.717) is 6.61 Å². The molecule has 0 amide bonds. The Morgan fingerprint density at radius 2 is 2.33 bits per heavy atom. The molecule has 1 aromatic heterocycles. The molecule has 2 fully saturated rings. The average molecular weight is 252 g/mol. The van der Waals surface area contributed by atoms with Crippen LogP contribution < -0.4 is 5.32 Å². The Bertz CT molecular complexity index is 397. The maximum absolute atomic E-state index is 5.37. The van der Waals surface area contributed by atoms with Crippen LogP contribution in [0, 0.1) is 5.92 Å². The first-order chi connectivity index (χ1) is 8.80. The molecule has 0 radical (unpaired) electrons. The second kappa shape index (κ2) is 4.99. The van der Waals surface area contributed by atoms with Gasteiger partial charge in [-0.3, -0.25) is 0 Å². The highest BCUT2D eigenvalue weighted by molar-refractivity contribution is 5.12. The molecule has 0 spiro atoms. The number of rotatable bonds is 7. The first-order valence-corrected chi connectivity index (χ1v) is 6.56. The molecule has 5 heteroatoms. The van der Waals surface area contributed by atoms with Gasteiger partial charge in [-0.15, -0.1) is 0 Å². The Balaban J connectivity index is 1.57. The first kappa shape index (κ1) is 12.1. The summed E-state index contributed by atoms with van der Waals surface area (Å²) >= 11 is 0. The number of hydrogen-bond acceptors (Lipinski definition) is 5. The molecule has 1 saturated heterocycles. The summed E-state index contributed by atoms with van der Waals surface area (Å²) < 4.78 is 15.6. The van der Waals surface area contributed by atoms with E-state index < -0.39 is 0 Å². The van der Waals surface area contributed by atoms with Crippen LogP contribution in [0.3, 0.4) is 0 Å². The third-order valence-electron chi connectivity index (χ3n) is 3.63.